The van der Waals surface area contributed by atoms with Crippen molar-refractivity contribution >= 4 is 40.4 Å². The third-order valence-electron chi connectivity index (χ3n) is 5.98. The van der Waals surface area contributed by atoms with E-state index in [1.807, 2.05) is 60.4 Å². The number of carbonyl (C=O) groups is 2. The van der Waals surface area contributed by atoms with Crippen LogP contribution in [-0.2, 0) is 16.0 Å². The molecule has 4 nitrogen and oxygen atoms in total. The molecule has 0 unspecified atom stereocenters. The van der Waals surface area contributed by atoms with Crippen molar-refractivity contribution in [1.29, 1.82) is 0 Å². The fourth-order valence-electron chi connectivity index (χ4n) is 4.46. The minimum Gasteiger partial charge on any atom is -0.336 e. The summed E-state index contributed by atoms with van der Waals surface area (Å²) in [4.78, 5) is 30.8. The van der Waals surface area contributed by atoms with E-state index < -0.39 is 0 Å². The van der Waals surface area contributed by atoms with E-state index in [2.05, 4.69) is 6.07 Å². The van der Waals surface area contributed by atoms with E-state index in [4.69, 9.17) is 11.6 Å². The van der Waals surface area contributed by atoms with Crippen LogP contribution in [0.1, 0.15) is 23.1 Å². The van der Waals surface area contributed by atoms with Crippen molar-refractivity contribution in [3.8, 4) is 0 Å². The van der Waals surface area contributed by atoms with Gasteiger partial charge in [0.05, 0.1) is 11.3 Å². The lowest BCUT2D eigenvalue weighted by Gasteiger charge is -2.32. The summed E-state index contributed by atoms with van der Waals surface area (Å²) in [6.45, 7) is 2.51. The number of anilines is 2. The van der Waals surface area contributed by atoms with Gasteiger partial charge in [-0.25, -0.2) is 4.90 Å². The Labute approximate surface area is 186 Å². The number of rotatable bonds is 3. The van der Waals surface area contributed by atoms with E-state index in [9.17, 15) is 9.59 Å². The summed E-state index contributed by atoms with van der Waals surface area (Å²) in [6, 6.07) is 22.8. The van der Waals surface area contributed by atoms with Gasteiger partial charge in [-0.15, -0.1) is 0 Å². The summed E-state index contributed by atoms with van der Waals surface area (Å²) in [7, 11) is 0. The molecule has 3 aromatic carbocycles. The second-order valence-corrected chi connectivity index (χ2v) is 8.21. The maximum Gasteiger partial charge on any atom is 0.282 e. The first-order valence-corrected chi connectivity index (χ1v) is 10.7. The molecular weight excluding hydrogens is 408 g/mol. The highest BCUT2D eigenvalue weighted by Gasteiger charge is 2.44. The molecule has 2 heterocycles. The summed E-state index contributed by atoms with van der Waals surface area (Å²) in [5, 5.41) is 0.524. The van der Waals surface area contributed by atoms with Crippen LogP contribution in [0.3, 0.4) is 0 Å². The SMILES string of the molecule is Cc1c(Cl)cccc1N1C(=O)C(c2ccccc2)=C(N2CCCc3ccccc32)C1=O. The van der Waals surface area contributed by atoms with Crippen molar-refractivity contribution in [3.63, 3.8) is 0 Å². The predicted molar refractivity (Wildman–Crippen MR) is 124 cm³/mol. The number of halogens is 1. The Kier molecular flexibility index (Phi) is 4.87. The molecular formula is C26H21ClN2O2. The van der Waals surface area contributed by atoms with Crippen LogP contribution in [0.5, 0.6) is 0 Å². The maximum absolute atomic E-state index is 13.8. The minimum absolute atomic E-state index is 0.314. The standard InChI is InChI=1S/C26H21ClN2O2/c1-17-20(27)13-7-15-21(17)29-25(30)23(19-10-3-2-4-11-19)24(26(29)31)28-16-8-12-18-9-5-6-14-22(18)28/h2-7,9-11,13-15H,8,12,16H2,1H3. The lowest BCUT2D eigenvalue weighted by Crippen LogP contribution is -2.37. The predicted octanol–water partition coefficient (Wildman–Crippen LogP) is 5.39. The number of fused-ring (bicyclic) bond motifs is 1. The Bertz CT molecular complexity index is 1230. The Balaban J connectivity index is 1.72. The van der Waals surface area contributed by atoms with E-state index in [0.29, 0.717) is 34.1 Å². The number of hydrogen-bond donors (Lipinski definition) is 0. The summed E-state index contributed by atoms with van der Waals surface area (Å²) in [5.74, 6) is -0.634. The number of amides is 2. The van der Waals surface area contributed by atoms with Gasteiger partial charge in [-0.1, -0.05) is 66.2 Å². The molecule has 2 amide bonds. The van der Waals surface area contributed by atoms with E-state index in [1.165, 1.54) is 10.5 Å². The number of aryl methyl sites for hydroxylation is 1. The molecule has 5 rings (SSSR count). The molecule has 0 aliphatic carbocycles. The monoisotopic (exact) mass is 428 g/mol. The topological polar surface area (TPSA) is 40.6 Å². The van der Waals surface area contributed by atoms with Crippen molar-refractivity contribution in [2.45, 2.75) is 19.8 Å². The summed E-state index contributed by atoms with van der Waals surface area (Å²) in [5.41, 5.74) is 5.01. The van der Waals surface area contributed by atoms with Gasteiger partial charge in [-0.05, 0) is 54.7 Å². The van der Waals surface area contributed by atoms with Gasteiger partial charge in [-0.2, -0.15) is 0 Å². The molecule has 0 bridgehead atoms. The third-order valence-corrected chi connectivity index (χ3v) is 6.39. The average Bonchev–Trinajstić information content (AvgIpc) is 3.06. The van der Waals surface area contributed by atoms with E-state index in [0.717, 1.165) is 24.1 Å². The number of para-hydroxylation sites is 1. The Morgan fingerprint density at radius 1 is 0.806 bits per heavy atom. The molecule has 0 fully saturated rings. The van der Waals surface area contributed by atoms with Gasteiger partial charge in [-0.3, -0.25) is 9.59 Å². The van der Waals surface area contributed by atoms with E-state index in [-0.39, 0.29) is 11.8 Å². The van der Waals surface area contributed by atoms with Crippen molar-refractivity contribution in [2.75, 3.05) is 16.3 Å². The molecule has 0 N–H and O–H groups in total. The zero-order valence-electron chi connectivity index (χ0n) is 17.1. The average molecular weight is 429 g/mol. The van der Waals surface area contributed by atoms with Crippen molar-refractivity contribution in [3.05, 3.63) is 100 Å². The lowest BCUT2D eigenvalue weighted by atomic mass is 9.98. The molecule has 0 saturated carbocycles. The van der Waals surface area contributed by atoms with Crippen LogP contribution in [0.4, 0.5) is 11.4 Å². The number of hydrogen-bond acceptors (Lipinski definition) is 3. The highest BCUT2D eigenvalue weighted by molar-refractivity contribution is 6.46. The van der Waals surface area contributed by atoms with Crippen molar-refractivity contribution < 1.29 is 9.59 Å². The number of nitrogens with zero attached hydrogens (tertiary/aromatic N) is 2. The maximum atomic E-state index is 13.8. The smallest absolute Gasteiger partial charge is 0.282 e. The summed E-state index contributed by atoms with van der Waals surface area (Å²) < 4.78 is 0. The zero-order valence-corrected chi connectivity index (χ0v) is 17.9. The van der Waals surface area contributed by atoms with Gasteiger partial charge in [0.2, 0.25) is 0 Å². The molecule has 0 atom stereocenters. The number of imide groups is 1. The second kappa shape index (κ2) is 7.71. The first kappa shape index (κ1) is 19.6. The van der Waals surface area contributed by atoms with Gasteiger partial charge in [0, 0.05) is 17.3 Å². The van der Waals surface area contributed by atoms with Crippen LogP contribution in [0.15, 0.2) is 78.5 Å². The normalized spacial score (nSPS) is 16.2. The van der Waals surface area contributed by atoms with Crippen LogP contribution in [0.25, 0.3) is 5.57 Å². The first-order valence-electron chi connectivity index (χ1n) is 10.4. The van der Waals surface area contributed by atoms with Gasteiger partial charge >= 0.3 is 0 Å². The summed E-state index contributed by atoms with van der Waals surface area (Å²) in [6.07, 6.45) is 1.88. The minimum atomic E-state index is -0.320. The molecule has 0 spiro atoms. The third kappa shape index (κ3) is 3.15. The van der Waals surface area contributed by atoms with E-state index in [1.54, 1.807) is 18.2 Å². The highest BCUT2D eigenvalue weighted by atomic mass is 35.5. The van der Waals surface area contributed by atoms with E-state index >= 15 is 0 Å². The molecule has 0 saturated heterocycles. The molecule has 154 valence electrons. The van der Waals surface area contributed by atoms with Crippen LogP contribution >= 0.6 is 11.6 Å². The zero-order chi connectivity index (χ0) is 21.5. The largest absolute Gasteiger partial charge is 0.336 e. The number of carbonyl (C=O) groups excluding carboxylic acids is 2. The molecule has 2 aliphatic heterocycles. The fourth-order valence-corrected chi connectivity index (χ4v) is 4.63. The molecule has 5 heteroatoms. The Morgan fingerprint density at radius 3 is 2.32 bits per heavy atom. The van der Waals surface area contributed by atoms with Crippen LogP contribution in [-0.4, -0.2) is 18.4 Å². The first-order chi connectivity index (χ1) is 15.1. The van der Waals surface area contributed by atoms with Crippen LogP contribution in [0, 0.1) is 6.92 Å². The molecule has 31 heavy (non-hydrogen) atoms. The molecule has 0 aromatic heterocycles. The van der Waals surface area contributed by atoms with Crippen molar-refractivity contribution in [1.82, 2.24) is 0 Å². The van der Waals surface area contributed by atoms with Gasteiger partial charge < -0.3 is 4.90 Å². The van der Waals surface area contributed by atoms with Gasteiger partial charge in [0.15, 0.2) is 0 Å². The second-order valence-electron chi connectivity index (χ2n) is 7.80. The van der Waals surface area contributed by atoms with Crippen LogP contribution in [0.2, 0.25) is 5.02 Å². The lowest BCUT2D eigenvalue weighted by molar-refractivity contribution is -0.120. The molecule has 0 radical (unpaired) electrons. The molecule has 3 aromatic rings. The van der Waals surface area contributed by atoms with Gasteiger partial charge in [0.25, 0.3) is 11.8 Å². The highest BCUT2D eigenvalue weighted by Crippen LogP contribution is 2.40. The Morgan fingerprint density at radius 2 is 1.52 bits per heavy atom. The van der Waals surface area contributed by atoms with Crippen LogP contribution < -0.4 is 9.80 Å². The summed E-state index contributed by atoms with van der Waals surface area (Å²) >= 11 is 6.32. The molecule has 2 aliphatic rings. The fraction of sp³-hybridized carbons (Fsp3) is 0.154. The number of benzene rings is 3. The van der Waals surface area contributed by atoms with Gasteiger partial charge in [0.1, 0.15) is 5.70 Å². The van der Waals surface area contributed by atoms with Crippen molar-refractivity contribution in [2.24, 2.45) is 0 Å². The quantitative estimate of drug-likeness (QED) is 0.525. The Hall–Kier alpha value is -3.37.